The van der Waals surface area contributed by atoms with Crippen LogP contribution in [0.25, 0.3) is 0 Å². The van der Waals surface area contributed by atoms with Crippen molar-refractivity contribution in [1.29, 1.82) is 0 Å². The number of hydrogen-bond acceptors (Lipinski definition) is 4. The molecule has 3 rings (SSSR count). The number of amides is 1. The van der Waals surface area contributed by atoms with Crippen molar-refractivity contribution in [2.45, 2.75) is 57.1 Å². The number of aliphatic hydroxyl groups excluding tert-OH is 1. The number of carboxylic acid groups (broad SMARTS) is 1. The van der Waals surface area contributed by atoms with E-state index in [9.17, 15) is 14.7 Å². The molecule has 0 aliphatic carbocycles. The van der Waals surface area contributed by atoms with Crippen LogP contribution in [0, 0.1) is 0 Å². The van der Waals surface area contributed by atoms with Crippen molar-refractivity contribution in [3.05, 3.63) is 56.7 Å². The SMILES string of the molecule is O=C(O)c1ccc(CCCN2C(=O)CC[C@@H]2CCC(O)Cc2ccc(Cl)cc2)s1. The van der Waals surface area contributed by atoms with Crippen LogP contribution < -0.4 is 0 Å². The fourth-order valence-corrected chi connectivity index (χ4v) is 4.85. The summed E-state index contributed by atoms with van der Waals surface area (Å²) in [7, 11) is 0. The van der Waals surface area contributed by atoms with Crippen LogP contribution in [0.1, 0.15) is 52.2 Å². The van der Waals surface area contributed by atoms with Gasteiger partial charge in [0.15, 0.2) is 0 Å². The molecule has 1 fully saturated rings. The summed E-state index contributed by atoms with van der Waals surface area (Å²) >= 11 is 7.19. The first-order valence-electron chi connectivity index (χ1n) is 9.96. The third kappa shape index (κ3) is 6.29. The van der Waals surface area contributed by atoms with Gasteiger partial charge in [-0.25, -0.2) is 4.79 Å². The maximum absolute atomic E-state index is 12.3. The fraction of sp³-hybridized carbons (Fsp3) is 0.455. The molecule has 1 unspecified atom stereocenters. The number of halogens is 1. The van der Waals surface area contributed by atoms with Gasteiger partial charge in [0.05, 0.1) is 6.10 Å². The van der Waals surface area contributed by atoms with E-state index in [0.717, 1.165) is 36.1 Å². The van der Waals surface area contributed by atoms with E-state index in [2.05, 4.69) is 0 Å². The quantitative estimate of drug-likeness (QED) is 0.579. The van der Waals surface area contributed by atoms with Crippen LogP contribution in [0.15, 0.2) is 36.4 Å². The number of aromatic carboxylic acids is 1. The van der Waals surface area contributed by atoms with Gasteiger partial charge in [-0.05, 0) is 68.4 Å². The number of thiophene rings is 1. The Hall–Kier alpha value is -1.89. The Bertz CT molecular complexity index is 836. The number of benzene rings is 1. The zero-order valence-corrected chi connectivity index (χ0v) is 17.8. The Labute approximate surface area is 179 Å². The normalized spacial score (nSPS) is 17.7. The molecule has 0 bridgehead atoms. The summed E-state index contributed by atoms with van der Waals surface area (Å²) in [6.07, 6.45) is 4.60. The second-order valence-electron chi connectivity index (χ2n) is 7.52. The maximum Gasteiger partial charge on any atom is 0.345 e. The molecule has 0 spiro atoms. The summed E-state index contributed by atoms with van der Waals surface area (Å²) in [6, 6.07) is 11.2. The molecule has 0 saturated carbocycles. The highest BCUT2D eigenvalue weighted by Gasteiger charge is 2.30. The predicted molar refractivity (Wildman–Crippen MR) is 115 cm³/mol. The van der Waals surface area contributed by atoms with Crippen molar-refractivity contribution in [2.75, 3.05) is 6.54 Å². The number of nitrogens with zero attached hydrogens (tertiary/aromatic N) is 1. The van der Waals surface area contributed by atoms with E-state index >= 15 is 0 Å². The number of carboxylic acids is 1. The van der Waals surface area contributed by atoms with Gasteiger partial charge in [0.25, 0.3) is 0 Å². The summed E-state index contributed by atoms with van der Waals surface area (Å²) in [5, 5.41) is 20.1. The van der Waals surface area contributed by atoms with Crippen molar-refractivity contribution < 1.29 is 19.8 Å². The Kier molecular flexibility index (Phi) is 7.70. The van der Waals surface area contributed by atoms with Gasteiger partial charge < -0.3 is 15.1 Å². The van der Waals surface area contributed by atoms with Gasteiger partial charge in [0, 0.05) is 28.9 Å². The standard InChI is InChI=1S/C22H26ClNO4S/c23-16-5-3-15(4-6-16)14-18(25)9-7-17-8-12-21(26)24(17)13-1-2-19-10-11-20(29-19)22(27)28/h3-6,10-11,17-18,25H,1-2,7-9,12-14H2,(H,27,28)/t17-,18?/m0/s1. The highest BCUT2D eigenvalue weighted by Crippen LogP contribution is 2.25. The van der Waals surface area contributed by atoms with E-state index in [-0.39, 0.29) is 11.9 Å². The first kappa shape index (κ1) is 21.8. The molecular weight excluding hydrogens is 410 g/mol. The zero-order valence-electron chi connectivity index (χ0n) is 16.2. The summed E-state index contributed by atoms with van der Waals surface area (Å²) < 4.78 is 0. The lowest BCUT2D eigenvalue weighted by Gasteiger charge is -2.25. The number of carbonyl (C=O) groups is 2. The average molecular weight is 436 g/mol. The molecular formula is C22H26ClNO4S. The number of likely N-dealkylation sites (tertiary alicyclic amines) is 1. The van der Waals surface area contributed by atoms with Gasteiger partial charge in [0.1, 0.15) is 4.88 Å². The highest BCUT2D eigenvalue weighted by molar-refractivity contribution is 7.13. The molecule has 1 aromatic carbocycles. The van der Waals surface area contributed by atoms with E-state index in [1.807, 2.05) is 35.2 Å². The van der Waals surface area contributed by atoms with Crippen LogP contribution in [-0.4, -0.2) is 45.7 Å². The molecule has 2 N–H and O–H groups in total. The van der Waals surface area contributed by atoms with Gasteiger partial charge in [-0.3, -0.25) is 4.79 Å². The van der Waals surface area contributed by atoms with Crippen molar-refractivity contribution in [3.8, 4) is 0 Å². The minimum Gasteiger partial charge on any atom is -0.477 e. The summed E-state index contributed by atoms with van der Waals surface area (Å²) in [5.74, 6) is -0.715. The second kappa shape index (κ2) is 10.2. The lowest BCUT2D eigenvalue weighted by molar-refractivity contribution is -0.129. The lowest BCUT2D eigenvalue weighted by Crippen LogP contribution is -2.34. The third-order valence-electron chi connectivity index (χ3n) is 5.36. The molecule has 29 heavy (non-hydrogen) atoms. The van der Waals surface area contributed by atoms with E-state index < -0.39 is 12.1 Å². The largest absolute Gasteiger partial charge is 0.477 e. The average Bonchev–Trinajstić information content (AvgIpc) is 3.30. The van der Waals surface area contributed by atoms with Gasteiger partial charge in [-0.2, -0.15) is 0 Å². The topological polar surface area (TPSA) is 77.8 Å². The summed E-state index contributed by atoms with van der Waals surface area (Å²) in [6.45, 7) is 0.678. The molecule has 2 heterocycles. The Morgan fingerprint density at radius 3 is 2.69 bits per heavy atom. The first-order valence-corrected chi connectivity index (χ1v) is 11.2. The summed E-state index contributed by atoms with van der Waals surface area (Å²) in [5.41, 5.74) is 1.05. The van der Waals surface area contributed by atoms with Crippen LogP contribution in [0.2, 0.25) is 5.02 Å². The molecule has 2 aromatic rings. The van der Waals surface area contributed by atoms with E-state index in [0.29, 0.717) is 35.7 Å². The van der Waals surface area contributed by atoms with Gasteiger partial charge in [-0.1, -0.05) is 23.7 Å². The molecule has 2 atom stereocenters. The smallest absolute Gasteiger partial charge is 0.345 e. The lowest BCUT2D eigenvalue weighted by atomic mass is 10.0. The molecule has 7 heteroatoms. The molecule has 1 aliphatic rings. The fourth-order valence-electron chi connectivity index (χ4n) is 3.83. The molecule has 5 nitrogen and oxygen atoms in total. The molecule has 1 aliphatic heterocycles. The monoisotopic (exact) mass is 435 g/mol. The highest BCUT2D eigenvalue weighted by atomic mass is 35.5. The van der Waals surface area contributed by atoms with E-state index in [4.69, 9.17) is 16.7 Å². The van der Waals surface area contributed by atoms with Crippen LogP contribution in [-0.2, 0) is 17.6 Å². The molecule has 1 aromatic heterocycles. The number of rotatable bonds is 10. The van der Waals surface area contributed by atoms with Gasteiger partial charge in [0.2, 0.25) is 5.91 Å². The first-order chi connectivity index (χ1) is 13.9. The Balaban J connectivity index is 1.44. The van der Waals surface area contributed by atoms with E-state index in [1.165, 1.54) is 11.3 Å². The maximum atomic E-state index is 12.3. The van der Waals surface area contributed by atoms with Crippen LogP contribution >= 0.6 is 22.9 Å². The molecule has 1 amide bonds. The Morgan fingerprint density at radius 1 is 1.24 bits per heavy atom. The van der Waals surface area contributed by atoms with Gasteiger partial charge in [-0.15, -0.1) is 11.3 Å². The van der Waals surface area contributed by atoms with Crippen molar-refractivity contribution >= 4 is 34.8 Å². The van der Waals surface area contributed by atoms with Crippen LogP contribution in [0.3, 0.4) is 0 Å². The second-order valence-corrected chi connectivity index (χ2v) is 9.12. The zero-order chi connectivity index (χ0) is 20.8. The van der Waals surface area contributed by atoms with Crippen molar-refractivity contribution in [2.24, 2.45) is 0 Å². The predicted octanol–water partition coefficient (Wildman–Crippen LogP) is 4.41. The van der Waals surface area contributed by atoms with Crippen LogP contribution in [0.4, 0.5) is 0 Å². The van der Waals surface area contributed by atoms with Crippen molar-refractivity contribution in [3.63, 3.8) is 0 Å². The number of carbonyl (C=O) groups excluding carboxylic acids is 1. The number of aliphatic hydroxyl groups is 1. The minimum atomic E-state index is -0.895. The minimum absolute atomic E-state index is 0.180. The molecule has 1 saturated heterocycles. The molecule has 156 valence electrons. The molecule has 0 radical (unpaired) electrons. The summed E-state index contributed by atoms with van der Waals surface area (Å²) in [4.78, 5) is 26.6. The third-order valence-corrected chi connectivity index (χ3v) is 6.75. The Morgan fingerprint density at radius 2 is 2.00 bits per heavy atom. The van der Waals surface area contributed by atoms with Crippen LogP contribution in [0.5, 0.6) is 0 Å². The van der Waals surface area contributed by atoms with Crippen molar-refractivity contribution in [1.82, 2.24) is 4.90 Å². The number of hydrogen-bond donors (Lipinski definition) is 2. The van der Waals surface area contributed by atoms with E-state index in [1.54, 1.807) is 6.07 Å². The number of aryl methyl sites for hydroxylation is 1. The van der Waals surface area contributed by atoms with Gasteiger partial charge >= 0.3 is 5.97 Å².